The molecule has 0 spiro atoms. The molecule has 6 heteroatoms. The number of alkyl carbamates (subject to hydrolysis) is 1. The summed E-state index contributed by atoms with van der Waals surface area (Å²) in [5, 5.41) is 3.03. The second-order valence-corrected chi connectivity index (χ2v) is 8.46. The average Bonchev–Trinajstić information content (AvgIpc) is 2.78. The topological polar surface area (TPSA) is 50.8 Å². The van der Waals surface area contributed by atoms with Crippen molar-refractivity contribution in [3.8, 4) is 5.75 Å². The van der Waals surface area contributed by atoms with Gasteiger partial charge in [-0.25, -0.2) is 4.79 Å². The lowest BCUT2D eigenvalue weighted by molar-refractivity contribution is -0.0358. The number of hydrogen-bond acceptors (Lipinski definition) is 4. The van der Waals surface area contributed by atoms with Crippen LogP contribution in [0.15, 0.2) is 22.7 Å². The summed E-state index contributed by atoms with van der Waals surface area (Å²) in [6.07, 6.45) is 1.94. The van der Waals surface area contributed by atoms with E-state index in [1.165, 1.54) is 0 Å². The van der Waals surface area contributed by atoms with Gasteiger partial charge < -0.3 is 14.8 Å². The maximum Gasteiger partial charge on any atom is 0.408 e. The van der Waals surface area contributed by atoms with Gasteiger partial charge >= 0.3 is 6.09 Å². The molecule has 2 atom stereocenters. The molecule has 3 saturated heterocycles. The first-order valence-corrected chi connectivity index (χ1v) is 9.40. The molecule has 0 aromatic heterocycles. The smallest absolute Gasteiger partial charge is 0.408 e. The lowest BCUT2D eigenvalue weighted by Crippen LogP contribution is -2.53. The third-order valence-corrected chi connectivity index (χ3v) is 5.96. The minimum atomic E-state index is -0.503. The van der Waals surface area contributed by atoms with Gasteiger partial charge in [-0.1, -0.05) is 22.0 Å². The molecule has 2 bridgehead atoms. The number of piperidine rings is 3. The van der Waals surface area contributed by atoms with Crippen molar-refractivity contribution in [1.29, 1.82) is 0 Å². The fourth-order valence-corrected chi connectivity index (χ4v) is 4.48. The van der Waals surface area contributed by atoms with Gasteiger partial charge in [0.15, 0.2) is 0 Å². The van der Waals surface area contributed by atoms with Crippen LogP contribution in [0.3, 0.4) is 0 Å². The molecule has 0 radical (unpaired) electrons. The van der Waals surface area contributed by atoms with Gasteiger partial charge in [0.05, 0.1) is 0 Å². The number of halogens is 1. The summed E-state index contributed by atoms with van der Waals surface area (Å²) in [7, 11) is 0. The van der Waals surface area contributed by atoms with E-state index in [4.69, 9.17) is 9.47 Å². The highest BCUT2D eigenvalue weighted by atomic mass is 79.9. The maximum absolute atomic E-state index is 12.5. The summed E-state index contributed by atoms with van der Waals surface area (Å²) >= 11 is 3.46. The van der Waals surface area contributed by atoms with Crippen molar-refractivity contribution in [2.45, 2.75) is 44.4 Å². The van der Waals surface area contributed by atoms with E-state index < -0.39 is 5.60 Å². The summed E-state index contributed by atoms with van der Waals surface area (Å²) in [5.41, 5.74) is 0.492. The SMILES string of the molecule is CC1(C)Oc2cc(Br)ccc2C1NC(=O)O[C@H]1CN2CCC1CC2. The van der Waals surface area contributed by atoms with Gasteiger partial charge in [0.2, 0.25) is 0 Å². The van der Waals surface area contributed by atoms with E-state index in [1.807, 2.05) is 32.0 Å². The number of hydrogen-bond donors (Lipinski definition) is 1. The van der Waals surface area contributed by atoms with Crippen molar-refractivity contribution in [3.63, 3.8) is 0 Å². The molecule has 0 saturated carbocycles. The zero-order valence-electron chi connectivity index (χ0n) is 14.0. The summed E-state index contributed by atoms with van der Waals surface area (Å²) < 4.78 is 12.7. The van der Waals surface area contributed by atoms with Gasteiger partial charge in [-0.15, -0.1) is 0 Å². The minimum absolute atomic E-state index is 0.0160. The van der Waals surface area contributed by atoms with Crippen molar-refractivity contribution in [2.24, 2.45) is 5.92 Å². The molecule has 0 aliphatic carbocycles. The Morgan fingerprint density at radius 3 is 2.79 bits per heavy atom. The third-order valence-electron chi connectivity index (χ3n) is 5.47. The molecule has 3 fully saturated rings. The van der Waals surface area contributed by atoms with Gasteiger partial charge in [-0.05, 0) is 57.8 Å². The van der Waals surface area contributed by atoms with Crippen LogP contribution in [0, 0.1) is 5.92 Å². The monoisotopic (exact) mass is 394 g/mol. The van der Waals surface area contributed by atoms with Crippen LogP contribution in [0.4, 0.5) is 4.79 Å². The first kappa shape index (κ1) is 16.2. The van der Waals surface area contributed by atoms with Crippen LogP contribution in [0.1, 0.15) is 38.3 Å². The molecule has 4 aliphatic heterocycles. The largest absolute Gasteiger partial charge is 0.485 e. The summed E-state index contributed by atoms with van der Waals surface area (Å²) in [6.45, 7) is 7.11. The number of ether oxygens (including phenoxy) is 2. The van der Waals surface area contributed by atoms with Gasteiger partial charge in [0, 0.05) is 16.6 Å². The maximum atomic E-state index is 12.5. The van der Waals surface area contributed by atoms with Gasteiger partial charge in [-0.3, -0.25) is 4.90 Å². The minimum Gasteiger partial charge on any atom is -0.485 e. The molecule has 4 aliphatic rings. The van der Waals surface area contributed by atoms with Gasteiger partial charge in [-0.2, -0.15) is 0 Å². The molecule has 1 unspecified atom stereocenters. The molecular formula is C18H23BrN2O3. The van der Waals surface area contributed by atoms with E-state index in [0.29, 0.717) is 5.92 Å². The van der Waals surface area contributed by atoms with E-state index in [0.717, 1.165) is 48.3 Å². The van der Waals surface area contributed by atoms with Crippen molar-refractivity contribution >= 4 is 22.0 Å². The number of carbonyl (C=O) groups excluding carboxylic acids is 1. The second-order valence-electron chi connectivity index (χ2n) is 7.55. The Balaban J connectivity index is 1.45. The number of nitrogens with one attached hydrogen (secondary N) is 1. The van der Waals surface area contributed by atoms with E-state index >= 15 is 0 Å². The Morgan fingerprint density at radius 1 is 1.38 bits per heavy atom. The van der Waals surface area contributed by atoms with Crippen LogP contribution < -0.4 is 10.1 Å². The Labute approximate surface area is 150 Å². The molecule has 1 amide bonds. The standard InChI is InChI=1S/C18H23BrN2O3/c1-18(2)16(13-4-3-12(19)9-14(13)24-18)20-17(22)23-15-10-21-7-5-11(15)6-8-21/h3-4,9,11,15-16H,5-8,10H2,1-2H3,(H,20,22)/t15-,16?/m0/s1. The summed E-state index contributed by atoms with van der Waals surface area (Å²) in [5.74, 6) is 1.32. The number of fused-ring (bicyclic) bond motifs is 4. The predicted molar refractivity (Wildman–Crippen MR) is 94.2 cm³/mol. The number of rotatable bonds is 2. The highest BCUT2D eigenvalue weighted by molar-refractivity contribution is 9.10. The number of nitrogens with zero attached hydrogens (tertiary/aromatic N) is 1. The highest BCUT2D eigenvalue weighted by Crippen LogP contribution is 2.44. The van der Waals surface area contributed by atoms with Crippen LogP contribution in [0.5, 0.6) is 5.75 Å². The number of benzene rings is 1. The van der Waals surface area contributed by atoms with E-state index in [9.17, 15) is 4.79 Å². The first-order chi connectivity index (χ1) is 11.4. The fraction of sp³-hybridized carbons (Fsp3) is 0.611. The van der Waals surface area contributed by atoms with Crippen LogP contribution >= 0.6 is 15.9 Å². The highest BCUT2D eigenvalue weighted by Gasteiger charge is 2.43. The fourth-order valence-electron chi connectivity index (χ4n) is 4.14. The molecule has 130 valence electrons. The zero-order valence-corrected chi connectivity index (χ0v) is 15.6. The Morgan fingerprint density at radius 2 is 2.12 bits per heavy atom. The number of amides is 1. The molecular weight excluding hydrogens is 372 g/mol. The molecule has 1 aromatic rings. The van der Waals surface area contributed by atoms with Crippen molar-refractivity contribution in [2.75, 3.05) is 19.6 Å². The van der Waals surface area contributed by atoms with Crippen molar-refractivity contribution in [1.82, 2.24) is 10.2 Å². The average molecular weight is 395 g/mol. The third kappa shape index (κ3) is 2.90. The van der Waals surface area contributed by atoms with Crippen LogP contribution in [-0.2, 0) is 4.74 Å². The lowest BCUT2D eigenvalue weighted by Gasteiger charge is -2.44. The molecule has 4 heterocycles. The van der Waals surface area contributed by atoms with Crippen molar-refractivity contribution < 1.29 is 14.3 Å². The molecule has 1 aromatic carbocycles. The van der Waals surface area contributed by atoms with Crippen LogP contribution in [-0.4, -0.2) is 42.3 Å². The van der Waals surface area contributed by atoms with Gasteiger partial charge in [0.1, 0.15) is 23.5 Å². The summed E-state index contributed by atoms with van der Waals surface area (Å²) in [4.78, 5) is 14.9. The van der Waals surface area contributed by atoms with Crippen LogP contribution in [0.2, 0.25) is 0 Å². The molecule has 5 rings (SSSR count). The Hall–Kier alpha value is -1.27. The summed E-state index contributed by atoms with van der Waals surface area (Å²) in [6, 6.07) is 5.69. The normalized spacial score (nSPS) is 32.8. The second kappa shape index (κ2) is 5.92. The van der Waals surface area contributed by atoms with Gasteiger partial charge in [0.25, 0.3) is 0 Å². The number of carbonyl (C=O) groups is 1. The Kier molecular flexibility index (Phi) is 4.00. The van der Waals surface area contributed by atoms with Crippen LogP contribution in [0.25, 0.3) is 0 Å². The van der Waals surface area contributed by atoms with E-state index in [1.54, 1.807) is 0 Å². The predicted octanol–water partition coefficient (Wildman–Crippen LogP) is 3.48. The molecule has 5 nitrogen and oxygen atoms in total. The van der Waals surface area contributed by atoms with E-state index in [2.05, 4.69) is 26.1 Å². The quantitative estimate of drug-likeness (QED) is 0.833. The lowest BCUT2D eigenvalue weighted by atomic mass is 9.86. The molecule has 24 heavy (non-hydrogen) atoms. The zero-order chi connectivity index (χ0) is 16.9. The first-order valence-electron chi connectivity index (χ1n) is 8.60. The molecule has 1 N–H and O–H groups in total. The Bertz CT molecular complexity index is 656. The van der Waals surface area contributed by atoms with Crippen molar-refractivity contribution in [3.05, 3.63) is 28.2 Å². The van der Waals surface area contributed by atoms with E-state index in [-0.39, 0.29) is 18.2 Å².